The summed E-state index contributed by atoms with van der Waals surface area (Å²) in [5.41, 5.74) is 1.13. The highest BCUT2D eigenvalue weighted by molar-refractivity contribution is 9.10. The second-order valence-electron chi connectivity index (χ2n) is 4.77. The summed E-state index contributed by atoms with van der Waals surface area (Å²) in [5.74, 6) is -1.15. The molecule has 0 aliphatic rings. The normalized spacial score (nSPS) is 11.2. The van der Waals surface area contributed by atoms with E-state index in [1.165, 1.54) is 19.1 Å². The zero-order chi connectivity index (χ0) is 16.5. The van der Waals surface area contributed by atoms with Crippen molar-refractivity contribution in [2.24, 2.45) is 0 Å². The number of aryl methyl sites for hydroxylation is 1. The second-order valence-corrected chi connectivity index (χ2v) is 7.28. The zero-order valence-electron chi connectivity index (χ0n) is 11.9. The minimum Gasteiger partial charge on any atom is -0.478 e. The van der Waals surface area contributed by atoms with E-state index in [1.54, 1.807) is 31.2 Å². The van der Waals surface area contributed by atoms with Gasteiger partial charge in [-0.15, -0.1) is 0 Å². The van der Waals surface area contributed by atoms with Crippen LogP contribution >= 0.6 is 15.9 Å². The number of sulfonamides is 1. The maximum atomic E-state index is 12.5. The van der Waals surface area contributed by atoms with E-state index in [1.807, 2.05) is 0 Å². The summed E-state index contributed by atoms with van der Waals surface area (Å²) in [6.45, 7) is 3.12. The summed E-state index contributed by atoms with van der Waals surface area (Å²) >= 11 is 3.27. The van der Waals surface area contributed by atoms with Gasteiger partial charge >= 0.3 is 5.97 Å². The predicted molar refractivity (Wildman–Crippen MR) is 87.8 cm³/mol. The number of halogens is 1. The molecule has 0 aromatic heterocycles. The fourth-order valence-electron chi connectivity index (χ4n) is 2.19. The van der Waals surface area contributed by atoms with Gasteiger partial charge in [0.05, 0.1) is 16.1 Å². The Bertz CT molecular complexity index is 847. The topological polar surface area (TPSA) is 83.5 Å². The smallest absolute Gasteiger partial charge is 0.336 e. The molecule has 22 heavy (non-hydrogen) atoms. The average molecular weight is 384 g/mol. The van der Waals surface area contributed by atoms with Crippen LogP contribution in [0.3, 0.4) is 0 Å². The predicted octanol–water partition coefficient (Wildman–Crippen LogP) is 3.56. The van der Waals surface area contributed by atoms with Gasteiger partial charge < -0.3 is 5.11 Å². The Kier molecular flexibility index (Phi) is 4.58. The fraction of sp³-hybridized carbons (Fsp3) is 0.133. The lowest BCUT2D eigenvalue weighted by Gasteiger charge is -2.14. The molecular weight excluding hydrogens is 370 g/mol. The number of hydrogen-bond donors (Lipinski definition) is 2. The van der Waals surface area contributed by atoms with Crippen LogP contribution in [0.15, 0.2) is 45.8 Å². The van der Waals surface area contributed by atoms with E-state index in [0.29, 0.717) is 15.7 Å². The SMILES string of the molecule is Cc1ccc(S(=O)(=O)Nc2ccccc2Br)c(C)c1C(=O)O. The van der Waals surface area contributed by atoms with Crippen molar-refractivity contribution in [3.05, 3.63) is 57.6 Å². The molecule has 116 valence electrons. The van der Waals surface area contributed by atoms with Gasteiger partial charge in [-0.1, -0.05) is 18.2 Å². The molecule has 0 aliphatic carbocycles. The van der Waals surface area contributed by atoms with E-state index >= 15 is 0 Å². The Hall–Kier alpha value is -1.86. The number of carboxylic acids is 1. The molecule has 0 saturated heterocycles. The van der Waals surface area contributed by atoms with E-state index in [4.69, 9.17) is 0 Å². The minimum atomic E-state index is -3.88. The molecule has 0 fully saturated rings. The highest BCUT2D eigenvalue weighted by Gasteiger charge is 2.23. The van der Waals surface area contributed by atoms with Crippen molar-refractivity contribution in [2.75, 3.05) is 4.72 Å². The first-order chi connectivity index (χ1) is 10.2. The van der Waals surface area contributed by atoms with Crippen molar-refractivity contribution in [3.63, 3.8) is 0 Å². The van der Waals surface area contributed by atoms with Gasteiger partial charge in [-0.3, -0.25) is 4.72 Å². The van der Waals surface area contributed by atoms with Gasteiger partial charge in [-0.25, -0.2) is 13.2 Å². The molecule has 5 nitrogen and oxygen atoms in total. The number of para-hydroxylation sites is 1. The Balaban J connectivity index is 2.54. The van der Waals surface area contributed by atoms with Crippen LogP contribution in [0.2, 0.25) is 0 Å². The highest BCUT2D eigenvalue weighted by Crippen LogP contribution is 2.27. The lowest BCUT2D eigenvalue weighted by atomic mass is 10.0. The van der Waals surface area contributed by atoms with Crippen molar-refractivity contribution < 1.29 is 18.3 Å². The molecule has 0 saturated carbocycles. The fourth-order valence-corrected chi connectivity index (χ4v) is 4.04. The molecule has 0 amide bonds. The molecular formula is C15H14BrNO4S. The number of carbonyl (C=O) groups is 1. The monoisotopic (exact) mass is 383 g/mol. The summed E-state index contributed by atoms with van der Waals surface area (Å²) in [4.78, 5) is 11.3. The Labute approximate surface area is 137 Å². The first kappa shape index (κ1) is 16.5. The lowest BCUT2D eigenvalue weighted by Crippen LogP contribution is -2.17. The summed E-state index contributed by atoms with van der Waals surface area (Å²) < 4.78 is 28.1. The molecule has 0 radical (unpaired) electrons. The van der Waals surface area contributed by atoms with Gasteiger partial charge in [0.1, 0.15) is 0 Å². The Morgan fingerprint density at radius 2 is 1.77 bits per heavy atom. The molecule has 0 atom stereocenters. The van der Waals surface area contributed by atoms with Crippen LogP contribution in [-0.2, 0) is 10.0 Å². The highest BCUT2D eigenvalue weighted by atomic mass is 79.9. The number of rotatable bonds is 4. The molecule has 0 unspecified atom stereocenters. The van der Waals surface area contributed by atoms with Gasteiger partial charge in [0.2, 0.25) is 0 Å². The number of carboxylic acid groups (broad SMARTS) is 1. The van der Waals surface area contributed by atoms with Gasteiger partial charge in [0.25, 0.3) is 10.0 Å². The summed E-state index contributed by atoms with van der Waals surface area (Å²) in [7, 11) is -3.88. The van der Waals surface area contributed by atoms with E-state index in [9.17, 15) is 18.3 Å². The number of aromatic carboxylic acids is 1. The number of hydrogen-bond acceptors (Lipinski definition) is 3. The summed E-state index contributed by atoms with van der Waals surface area (Å²) in [5, 5.41) is 9.25. The molecule has 2 aromatic rings. The van der Waals surface area contributed by atoms with Crippen molar-refractivity contribution in [1.82, 2.24) is 0 Å². The lowest BCUT2D eigenvalue weighted by molar-refractivity contribution is 0.0695. The first-order valence-electron chi connectivity index (χ1n) is 6.35. The summed E-state index contributed by atoms with van der Waals surface area (Å²) in [6, 6.07) is 9.70. The maximum absolute atomic E-state index is 12.5. The van der Waals surface area contributed by atoms with Crippen molar-refractivity contribution >= 4 is 37.6 Å². The molecule has 0 bridgehead atoms. The van der Waals surface area contributed by atoms with Gasteiger partial charge in [-0.05, 0) is 59.1 Å². The largest absolute Gasteiger partial charge is 0.478 e. The molecule has 0 aliphatic heterocycles. The van der Waals surface area contributed by atoms with E-state index in [-0.39, 0.29) is 16.0 Å². The molecule has 0 spiro atoms. The first-order valence-corrected chi connectivity index (χ1v) is 8.62. The third kappa shape index (κ3) is 3.15. The van der Waals surface area contributed by atoms with Crippen LogP contribution in [0.5, 0.6) is 0 Å². The zero-order valence-corrected chi connectivity index (χ0v) is 14.3. The molecule has 2 rings (SSSR count). The third-order valence-corrected chi connectivity index (χ3v) is 5.45. The number of anilines is 1. The van der Waals surface area contributed by atoms with Crippen molar-refractivity contribution in [3.8, 4) is 0 Å². The van der Waals surface area contributed by atoms with Crippen LogP contribution in [0.25, 0.3) is 0 Å². The van der Waals surface area contributed by atoms with Crippen LogP contribution in [0, 0.1) is 13.8 Å². The minimum absolute atomic E-state index is 0.00926. The molecule has 0 heterocycles. The Morgan fingerprint density at radius 1 is 1.14 bits per heavy atom. The van der Waals surface area contributed by atoms with Crippen molar-refractivity contribution in [2.45, 2.75) is 18.7 Å². The Morgan fingerprint density at radius 3 is 2.36 bits per heavy atom. The van der Waals surface area contributed by atoms with E-state index in [2.05, 4.69) is 20.7 Å². The van der Waals surface area contributed by atoms with Gasteiger partial charge in [0, 0.05) is 4.47 Å². The van der Waals surface area contributed by atoms with Gasteiger partial charge in [-0.2, -0.15) is 0 Å². The van der Waals surface area contributed by atoms with E-state index < -0.39 is 16.0 Å². The van der Waals surface area contributed by atoms with E-state index in [0.717, 1.165) is 0 Å². The summed E-state index contributed by atoms with van der Waals surface area (Å²) in [6.07, 6.45) is 0. The van der Waals surface area contributed by atoms with Crippen LogP contribution in [0.1, 0.15) is 21.5 Å². The van der Waals surface area contributed by atoms with Crippen LogP contribution in [0.4, 0.5) is 5.69 Å². The number of benzene rings is 2. The van der Waals surface area contributed by atoms with Crippen LogP contribution < -0.4 is 4.72 Å². The standard InChI is InChI=1S/C15H14BrNO4S/c1-9-7-8-13(10(2)14(9)15(18)19)22(20,21)17-12-6-4-3-5-11(12)16/h3-8,17H,1-2H3,(H,18,19). The number of nitrogens with one attached hydrogen (secondary N) is 1. The quantitative estimate of drug-likeness (QED) is 0.844. The molecule has 7 heteroatoms. The van der Waals surface area contributed by atoms with Crippen LogP contribution in [-0.4, -0.2) is 19.5 Å². The van der Waals surface area contributed by atoms with Gasteiger partial charge in [0.15, 0.2) is 0 Å². The molecule has 2 N–H and O–H groups in total. The average Bonchev–Trinajstić information content (AvgIpc) is 2.40. The molecule has 2 aromatic carbocycles. The second kappa shape index (κ2) is 6.10. The maximum Gasteiger partial charge on any atom is 0.336 e. The third-order valence-electron chi connectivity index (χ3n) is 3.25. The van der Waals surface area contributed by atoms with Crippen molar-refractivity contribution in [1.29, 1.82) is 0 Å².